The molecular formula is C15H16ClN7O. The first-order valence-corrected chi connectivity index (χ1v) is 7.62. The molecule has 0 aliphatic heterocycles. The number of carbonyl (C=O) groups excluding carboxylic acids is 1. The smallest absolute Gasteiger partial charge is 0.302 e. The van der Waals surface area contributed by atoms with Crippen molar-refractivity contribution in [2.24, 2.45) is 16.5 Å². The standard InChI is InChI=1S/C15H16ClN7O/c16-11-13(20-9-5-7-3-1-2-4-8(7)6-9)22-12(17)10(21-11)14(24)23-15(18)19/h1-4,9H,5-6H2,(H3,17,20,22)(H4,18,19,23,24). The monoisotopic (exact) mass is 345 g/mol. The Balaban J connectivity index is 1.80. The number of amides is 1. The van der Waals surface area contributed by atoms with Gasteiger partial charge in [0, 0.05) is 6.04 Å². The van der Waals surface area contributed by atoms with Crippen LogP contribution in [0.5, 0.6) is 0 Å². The molecule has 0 fully saturated rings. The second kappa shape index (κ2) is 6.32. The summed E-state index contributed by atoms with van der Waals surface area (Å²) in [5.74, 6) is -0.939. The van der Waals surface area contributed by atoms with Gasteiger partial charge in [0.05, 0.1) is 0 Å². The summed E-state index contributed by atoms with van der Waals surface area (Å²) in [6, 6.07) is 8.34. The normalized spacial score (nSPS) is 13.4. The summed E-state index contributed by atoms with van der Waals surface area (Å²) in [7, 11) is 0. The molecule has 124 valence electrons. The van der Waals surface area contributed by atoms with Gasteiger partial charge in [0.15, 0.2) is 28.4 Å². The number of aliphatic imine (C=N–C) groups is 1. The van der Waals surface area contributed by atoms with Crippen molar-refractivity contribution in [1.82, 2.24) is 9.97 Å². The summed E-state index contributed by atoms with van der Waals surface area (Å²) in [5, 5.41) is 3.26. The number of nitrogens with zero attached hydrogens (tertiary/aromatic N) is 3. The fourth-order valence-electron chi connectivity index (χ4n) is 2.70. The zero-order chi connectivity index (χ0) is 17.3. The molecule has 3 rings (SSSR count). The molecule has 0 saturated carbocycles. The topological polar surface area (TPSA) is 145 Å². The van der Waals surface area contributed by atoms with Crippen molar-refractivity contribution in [2.45, 2.75) is 18.9 Å². The number of nitrogens with one attached hydrogen (secondary N) is 1. The van der Waals surface area contributed by atoms with E-state index in [1.165, 1.54) is 11.1 Å². The lowest BCUT2D eigenvalue weighted by molar-refractivity contribution is 0.0998. The molecule has 1 aromatic heterocycles. The maximum Gasteiger partial charge on any atom is 0.302 e. The number of nitrogens with two attached hydrogens (primary N) is 3. The molecule has 0 saturated heterocycles. The van der Waals surface area contributed by atoms with Crippen LogP contribution < -0.4 is 22.5 Å². The first-order valence-electron chi connectivity index (χ1n) is 7.24. The first-order chi connectivity index (χ1) is 11.4. The van der Waals surface area contributed by atoms with Gasteiger partial charge >= 0.3 is 5.91 Å². The van der Waals surface area contributed by atoms with E-state index in [0.29, 0.717) is 5.82 Å². The van der Waals surface area contributed by atoms with Crippen LogP contribution in [-0.2, 0) is 12.8 Å². The lowest BCUT2D eigenvalue weighted by Crippen LogP contribution is -2.25. The van der Waals surface area contributed by atoms with Crippen LogP contribution in [0.3, 0.4) is 0 Å². The molecule has 1 aliphatic carbocycles. The van der Waals surface area contributed by atoms with Crippen LogP contribution in [0.4, 0.5) is 11.6 Å². The molecule has 1 aliphatic rings. The second-order valence-corrected chi connectivity index (χ2v) is 5.81. The molecular weight excluding hydrogens is 330 g/mol. The number of hydrogen-bond donors (Lipinski definition) is 4. The number of anilines is 2. The van der Waals surface area contributed by atoms with Gasteiger partial charge < -0.3 is 22.5 Å². The fourth-order valence-corrected chi connectivity index (χ4v) is 2.88. The zero-order valence-corrected chi connectivity index (χ0v) is 13.4. The average Bonchev–Trinajstić information content (AvgIpc) is 2.92. The van der Waals surface area contributed by atoms with E-state index in [-0.39, 0.29) is 28.7 Å². The van der Waals surface area contributed by atoms with E-state index in [4.69, 9.17) is 28.8 Å². The first kappa shape index (κ1) is 16.0. The average molecular weight is 346 g/mol. The molecule has 9 heteroatoms. The maximum absolute atomic E-state index is 11.8. The predicted molar refractivity (Wildman–Crippen MR) is 92.9 cm³/mol. The van der Waals surface area contributed by atoms with Gasteiger partial charge in [-0.25, -0.2) is 9.97 Å². The van der Waals surface area contributed by atoms with E-state index in [1.54, 1.807) is 0 Å². The molecule has 1 heterocycles. The molecule has 24 heavy (non-hydrogen) atoms. The number of guanidine groups is 1. The van der Waals surface area contributed by atoms with E-state index in [1.807, 2.05) is 12.1 Å². The number of aromatic nitrogens is 2. The van der Waals surface area contributed by atoms with Gasteiger partial charge in [0.1, 0.15) is 0 Å². The van der Waals surface area contributed by atoms with Crippen molar-refractivity contribution < 1.29 is 4.79 Å². The number of rotatable bonds is 3. The molecule has 0 spiro atoms. The highest BCUT2D eigenvalue weighted by Crippen LogP contribution is 2.27. The van der Waals surface area contributed by atoms with Gasteiger partial charge in [-0.3, -0.25) is 4.79 Å². The molecule has 1 amide bonds. The summed E-state index contributed by atoms with van der Waals surface area (Å²) in [5.41, 5.74) is 18.5. The summed E-state index contributed by atoms with van der Waals surface area (Å²) in [6.45, 7) is 0. The van der Waals surface area contributed by atoms with Crippen molar-refractivity contribution in [1.29, 1.82) is 0 Å². The van der Waals surface area contributed by atoms with E-state index in [9.17, 15) is 4.79 Å². The molecule has 0 bridgehead atoms. The van der Waals surface area contributed by atoms with Crippen LogP contribution in [0.2, 0.25) is 5.15 Å². The van der Waals surface area contributed by atoms with Crippen LogP contribution >= 0.6 is 11.6 Å². The molecule has 0 atom stereocenters. The van der Waals surface area contributed by atoms with Gasteiger partial charge in [-0.05, 0) is 24.0 Å². The SMILES string of the molecule is NC(N)=NC(=O)c1nc(Cl)c(NC2Cc3ccccc3C2)nc1N. The minimum atomic E-state index is -0.790. The second-order valence-electron chi connectivity index (χ2n) is 5.46. The summed E-state index contributed by atoms with van der Waals surface area (Å²) < 4.78 is 0. The highest BCUT2D eigenvalue weighted by atomic mass is 35.5. The number of hydrogen-bond acceptors (Lipinski definition) is 5. The third-order valence-electron chi connectivity index (χ3n) is 3.71. The van der Waals surface area contributed by atoms with Crippen molar-refractivity contribution in [3.8, 4) is 0 Å². The van der Waals surface area contributed by atoms with E-state index >= 15 is 0 Å². The summed E-state index contributed by atoms with van der Waals surface area (Å²) in [6.07, 6.45) is 1.70. The summed E-state index contributed by atoms with van der Waals surface area (Å²) in [4.78, 5) is 23.3. The van der Waals surface area contributed by atoms with Crippen LogP contribution in [0, 0.1) is 0 Å². The minimum absolute atomic E-state index is 0.0364. The van der Waals surface area contributed by atoms with Crippen LogP contribution in [0.25, 0.3) is 0 Å². The summed E-state index contributed by atoms with van der Waals surface area (Å²) >= 11 is 6.12. The lowest BCUT2D eigenvalue weighted by atomic mass is 10.1. The Morgan fingerprint density at radius 3 is 2.42 bits per heavy atom. The highest BCUT2D eigenvalue weighted by Gasteiger charge is 2.23. The number of fused-ring (bicyclic) bond motifs is 1. The maximum atomic E-state index is 11.8. The van der Waals surface area contributed by atoms with Crippen molar-refractivity contribution in [2.75, 3.05) is 11.1 Å². The Bertz CT molecular complexity index is 808. The number of nitrogen functional groups attached to an aromatic ring is 1. The molecule has 0 radical (unpaired) electrons. The van der Waals surface area contributed by atoms with Gasteiger partial charge in [-0.15, -0.1) is 0 Å². The Hall–Kier alpha value is -2.87. The predicted octanol–water partition coefficient (Wildman–Crippen LogP) is 0.705. The number of benzene rings is 1. The van der Waals surface area contributed by atoms with Gasteiger partial charge in [-0.1, -0.05) is 35.9 Å². The van der Waals surface area contributed by atoms with Gasteiger partial charge in [-0.2, -0.15) is 4.99 Å². The van der Waals surface area contributed by atoms with Crippen LogP contribution in [0.15, 0.2) is 29.3 Å². The van der Waals surface area contributed by atoms with E-state index < -0.39 is 5.91 Å². The minimum Gasteiger partial charge on any atom is -0.382 e. The van der Waals surface area contributed by atoms with Crippen LogP contribution in [-0.4, -0.2) is 27.9 Å². The number of carbonyl (C=O) groups is 1. The zero-order valence-electron chi connectivity index (χ0n) is 12.7. The highest BCUT2D eigenvalue weighted by molar-refractivity contribution is 6.32. The lowest BCUT2D eigenvalue weighted by Gasteiger charge is -2.14. The van der Waals surface area contributed by atoms with Gasteiger partial charge in [0.2, 0.25) is 0 Å². The Kier molecular flexibility index (Phi) is 4.22. The molecule has 1 aromatic carbocycles. The Morgan fingerprint density at radius 2 is 1.83 bits per heavy atom. The quantitative estimate of drug-likeness (QED) is 0.473. The third-order valence-corrected chi connectivity index (χ3v) is 3.97. The van der Waals surface area contributed by atoms with Gasteiger partial charge in [0.25, 0.3) is 0 Å². The van der Waals surface area contributed by atoms with E-state index in [2.05, 4.69) is 32.4 Å². The van der Waals surface area contributed by atoms with E-state index in [0.717, 1.165) is 12.8 Å². The molecule has 2 aromatic rings. The van der Waals surface area contributed by atoms with Crippen molar-refractivity contribution in [3.05, 3.63) is 46.2 Å². The Morgan fingerprint density at radius 1 is 1.21 bits per heavy atom. The van der Waals surface area contributed by atoms with Crippen molar-refractivity contribution >= 4 is 35.1 Å². The Labute approximate surface area is 143 Å². The molecule has 7 N–H and O–H groups in total. The fraction of sp³-hybridized carbons (Fsp3) is 0.200. The number of halogens is 1. The van der Waals surface area contributed by atoms with Crippen molar-refractivity contribution in [3.63, 3.8) is 0 Å². The van der Waals surface area contributed by atoms with Crippen LogP contribution in [0.1, 0.15) is 21.6 Å². The molecule has 8 nitrogen and oxygen atoms in total. The largest absolute Gasteiger partial charge is 0.382 e. The molecule has 0 unspecified atom stereocenters. The third kappa shape index (κ3) is 3.23.